The van der Waals surface area contributed by atoms with Gasteiger partial charge in [0.2, 0.25) is 0 Å². The molecule has 1 heterocycles. The summed E-state index contributed by atoms with van der Waals surface area (Å²) in [7, 11) is 1.33. The number of likely N-dealkylation sites (tertiary alicyclic amines) is 1. The van der Waals surface area contributed by atoms with Gasteiger partial charge in [-0.1, -0.05) is 11.8 Å². The summed E-state index contributed by atoms with van der Waals surface area (Å²) in [6.45, 7) is 0.756. The molecule has 0 aromatic heterocycles. The molecule has 0 bridgehead atoms. The molecule has 1 aromatic carbocycles. The van der Waals surface area contributed by atoms with E-state index in [0.717, 1.165) is 0 Å². The topological polar surface area (TPSA) is 49.8 Å². The first kappa shape index (κ1) is 14.5. The number of methoxy groups -OCH3 is 1. The van der Waals surface area contributed by atoms with Crippen LogP contribution in [0.4, 0.5) is 4.39 Å². The van der Waals surface area contributed by atoms with Gasteiger partial charge in [-0.05, 0) is 24.3 Å². The number of hydrogen-bond donors (Lipinski definition) is 1. The Morgan fingerprint density at radius 3 is 2.85 bits per heavy atom. The average molecular weight is 277 g/mol. The van der Waals surface area contributed by atoms with E-state index in [4.69, 9.17) is 4.74 Å². The third-order valence-electron chi connectivity index (χ3n) is 3.21. The van der Waals surface area contributed by atoms with E-state index in [-0.39, 0.29) is 11.8 Å². The zero-order valence-corrected chi connectivity index (χ0v) is 11.2. The van der Waals surface area contributed by atoms with Crippen molar-refractivity contribution in [1.29, 1.82) is 0 Å². The van der Waals surface area contributed by atoms with Crippen molar-refractivity contribution in [1.82, 2.24) is 4.90 Å². The molecule has 1 aliphatic heterocycles. The van der Waals surface area contributed by atoms with Crippen LogP contribution in [0.3, 0.4) is 0 Å². The van der Waals surface area contributed by atoms with Crippen LogP contribution >= 0.6 is 0 Å². The number of carbonyl (C=O) groups excluding carboxylic acids is 1. The molecule has 0 unspecified atom stereocenters. The van der Waals surface area contributed by atoms with Gasteiger partial charge in [0.05, 0.1) is 19.8 Å². The van der Waals surface area contributed by atoms with Crippen LogP contribution in [0, 0.1) is 17.7 Å². The maximum absolute atomic E-state index is 12.7. The second kappa shape index (κ2) is 6.51. The smallest absolute Gasteiger partial charge is 0.323 e. The fourth-order valence-corrected chi connectivity index (χ4v) is 2.21. The molecule has 1 fully saturated rings. The fraction of sp³-hybridized carbons (Fsp3) is 0.400. The number of β-amino-alcohol motifs (C(OH)–C–C–N with tert-alkyl or cyclic N) is 1. The standard InChI is InChI=1S/C15H16FNO3/c1-20-15(19)14-9-13(18)10-17(14)8-2-3-11-4-6-12(16)7-5-11/h4-7,13-14,18H,8-10H2,1H3/t13-,14+/m1/s1. The van der Waals surface area contributed by atoms with E-state index in [1.807, 2.05) is 0 Å². The van der Waals surface area contributed by atoms with Crippen molar-refractivity contribution >= 4 is 5.97 Å². The predicted molar refractivity (Wildman–Crippen MR) is 71.3 cm³/mol. The zero-order chi connectivity index (χ0) is 14.5. The molecule has 0 amide bonds. The zero-order valence-electron chi connectivity index (χ0n) is 11.2. The molecule has 1 saturated heterocycles. The molecule has 0 spiro atoms. The predicted octanol–water partition coefficient (Wildman–Crippen LogP) is 0.785. The van der Waals surface area contributed by atoms with Crippen molar-refractivity contribution in [3.63, 3.8) is 0 Å². The number of aliphatic hydroxyl groups is 1. The minimum absolute atomic E-state index is 0.302. The maximum atomic E-state index is 12.7. The number of aliphatic hydroxyl groups excluding tert-OH is 1. The summed E-state index contributed by atoms with van der Waals surface area (Å²) < 4.78 is 17.4. The van der Waals surface area contributed by atoms with Crippen LogP contribution in [0.5, 0.6) is 0 Å². The highest BCUT2D eigenvalue weighted by atomic mass is 19.1. The molecule has 2 atom stereocenters. The highest BCUT2D eigenvalue weighted by Gasteiger charge is 2.36. The van der Waals surface area contributed by atoms with Gasteiger partial charge >= 0.3 is 5.97 Å². The third kappa shape index (κ3) is 3.56. The monoisotopic (exact) mass is 277 g/mol. The summed E-state index contributed by atoms with van der Waals surface area (Å²) in [5.74, 6) is 5.17. The van der Waals surface area contributed by atoms with Crippen LogP contribution < -0.4 is 0 Å². The Hall–Kier alpha value is -1.90. The molecule has 4 nitrogen and oxygen atoms in total. The van der Waals surface area contributed by atoms with Gasteiger partial charge in [-0.25, -0.2) is 4.39 Å². The Morgan fingerprint density at radius 1 is 1.50 bits per heavy atom. The quantitative estimate of drug-likeness (QED) is 0.641. The molecule has 1 aromatic rings. The fourth-order valence-electron chi connectivity index (χ4n) is 2.21. The minimum Gasteiger partial charge on any atom is -0.468 e. The number of benzene rings is 1. The van der Waals surface area contributed by atoms with Crippen molar-refractivity contribution in [3.05, 3.63) is 35.6 Å². The summed E-state index contributed by atoms with van der Waals surface area (Å²) >= 11 is 0. The number of esters is 1. The number of carbonyl (C=O) groups is 1. The summed E-state index contributed by atoms with van der Waals surface area (Å²) in [6.07, 6.45) is -0.169. The lowest BCUT2D eigenvalue weighted by Crippen LogP contribution is -2.37. The first-order valence-electron chi connectivity index (χ1n) is 6.34. The van der Waals surface area contributed by atoms with Gasteiger partial charge in [-0.3, -0.25) is 9.69 Å². The lowest BCUT2D eigenvalue weighted by atomic mass is 10.2. The highest BCUT2D eigenvalue weighted by Crippen LogP contribution is 2.18. The highest BCUT2D eigenvalue weighted by molar-refractivity contribution is 5.76. The summed E-state index contributed by atoms with van der Waals surface area (Å²) in [6, 6.07) is 5.44. The van der Waals surface area contributed by atoms with Crippen molar-refractivity contribution < 1.29 is 19.0 Å². The van der Waals surface area contributed by atoms with Crippen molar-refractivity contribution in [2.45, 2.75) is 18.6 Å². The van der Waals surface area contributed by atoms with E-state index in [1.165, 1.54) is 19.2 Å². The van der Waals surface area contributed by atoms with Crippen LogP contribution in [0.25, 0.3) is 0 Å². The first-order chi connectivity index (χ1) is 9.60. The Bertz CT molecular complexity index is 532. The lowest BCUT2D eigenvalue weighted by Gasteiger charge is -2.18. The van der Waals surface area contributed by atoms with Crippen LogP contribution in [0.1, 0.15) is 12.0 Å². The summed E-state index contributed by atoms with van der Waals surface area (Å²) in [5, 5.41) is 9.62. The number of nitrogens with zero attached hydrogens (tertiary/aromatic N) is 1. The SMILES string of the molecule is COC(=O)[C@@H]1C[C@@H](O)CN1CC#Cc1ccc(F)cc1. The number of rotatable bonds is 2. The molecular weight excluding hydrogens is 261 g/mol. The van der Waals surface area contributed by atoms with Gasteiger partial charge < -0.3 is 9.84 Å². The van der Waals surface area contributed by atoms with E-state index in [2.05, 4.69) is 11.8 Å². The Morgan fingerprint density at radius 2 is 2.20 bits per heavy atom. The molecule has 0 aliphatic carbocycles. The van der Waals surface area contributed by atoms with Crippen LogP contribution in [-0.4, -0.2) is 48.3 Å². The molecule has 20 heavy (non-hydrogen) atoms. The Kier molecular flexibility index (Phi) is 4.72. The number of ether oxygens (including phenoxy) is 1. The number of halogens is 1. The molecule has 5 heteroatoms. The largest absolute Gasteiger partial charge is 0.468 e. The Balaban J connectivity index is 1.99. The minimum atomic E-state index is -0.535. The summed E-state index contributed by atoms with van der Waals surface area (Å²) in [5.41, 5.74) is 0.709. The second-order valence-electron chi connectivity index (χ2n) is 4.67. The van der Waals surface area contributed by atoms with Gasteiger partial charge in [0, 0.05) is 18.5 Å². The molecule has 106 valence electrons. The van der Waals surface area contributed by atoms with E-state index in [9.17, 15) is 14.3 Å². The van der Waals surface area contributed by atoms with Gasteiger partial charge in [-0.2, -0.15) is 0 Å². The van der Waals surface area contributed by atoms with Crippen LogP contribution in [0.2, 0.25) is 0 Å². The number of hydrogen-bond acceptors (Lipinski definition) is 4. The van der Waals surface area contributed by atoms with E-state index < -0.39 is 12.1 Å². The molecular formula is C15H16FNO3. The molecule has 1 aliphatic rings. The van der Waals surface area contributed by atoms with Gasteiger partial charge in [0.15, 0.2) is 0 Å². The van der Waals surface area contributed by atoms with Crippen LogP contribution in [0.15, 0.2) is 24.3 Å². The van der Waals surface area contributed by atoms with E-state index in [1.54, 1.807) is 17.0 Å². The Labute approximate surface area is 117 Å². The second-order valence-corrected chi connectivity index (χ2v) is 4.67. The third-order valence-corrected chi connectivity index (χ3v) is 3.21. The normalized spacial score (nSPS) is 22.1. The lowest BCUT2D eigenvalue weighted by molar-refractivity contribution is -0.145. The van der Waals surface area contributed by atoms with Crippen molar-refractivity contribution in [2.75, 3.05) is 20.2 Å². The van der Waals surface area contributed by atoms with Crippen molar-refractivity contribution in [3.8, 4) is 11.8 Å². The van der Waals surface area contributed by atoms with E-state index in [0.29, 0.717) is 25.1 Å². The molecule has 1 N–H and O–H groups in total. The molecule has 2 rings (SSSR count). The van der Waals surface area contributed by atoms with E-state index >= 15 is 0 Å². The van der Waals surface area contributed by atoms with Crippen molar-refractivity contribution in [2.24, 2.45) is 0 Å². The molecule has 0 saturated carbocycles. The van der Waals surface area contributed by atoms with Crippen LogP contribution in [-0.2, 0) is 9.53 Å². The van der Waals surface area contributed by atoms with Gasteiger partial charge in [-0.15, -0.1) is 0 Å². The first-order valence-corrected chi connectivity index (χ1v) is 6.34. The summed E-state index contributed by atoms with van der Waals surface area (Å²) in [4.78, 5) is 13.4. The maximum Gasteiger partial charge on any atom is 0.323 e. The average Bonchev–Trinajstić information content (AvgIpc) is 2.81. The van der Waals surface area contributed by atoms with Gasteiger partial charge in [0.25, 0.3) is 0 Å². The van der Waals surface area contributed by atoms with Gasteiger partial charge in [0.1, 0.15) is 11.9 Å². The molecule has 0 radical (unpaired) electrons.